The predicted molar refractivity (Wildman–Crippen MR) is 194 cm³/mol. The molecule has 0 atom stereocenters. The molecule has 0 saturated heterocycles. The Kier molecular flexibility index (Phi) is 15.1. The van der Waals surface area contributed by atoms with E-state index >= 15 is 0 Å². The highest BCUT2D eigenvalue weighted by molar-refractivity contribution is 6.58. The number of nitrogens with zero attached hydrogens (tertiary/aromatic N) is 2. The summed E-state index contributed by atoms with van der Waals surface area (Å²) in [4.78, 5) is 11.6. The maximum absolute atomic E-state index is 11.6. The van der Waals surface area contributed by atoms with Crippen molar-refractivity contribution in [2.24, 2.45) is 0 Å². The molecule has 1 heterocycles. The molecule has 0 aliphatic heterocycles. The van der Waals surface area contributed by atoms with E-state index in [-0.39, 0.29) is 6.61 Å². The van der Waals surface area contributed by atoms with Crippen LogP contribution in [0.3, 0.4) is 0 Å². The number of carbonyl (C=O) groups excluding carboxylic acids is 1. The van der Waals surface area contributed by atoms with Crippen LogP contribution in [0.4, 0.5) is 10.5 Å². The first-order valence-electron chi connectivity index (χ1n) is 16.6. The fraction of sp³-hybridized carbons (Fsp3) is 0.417. The van der Waals surface area contributed by atoms with Crippen LogP contribution in [-0.4, -0.2) is 106 Å². The molecule has 274 valence electrons. The van der Waals surface area contributed by atoms with Crippen molar-refractivity contribution < 1.29 is 48.0 Å². The molecule has 4 rings (SSSR count). The van der Waals surface area contributed by atoms with Gasteiger partial charge >= 0.3 is 13.2 Å². The quantitative estimate of drug-likeness (QED) is 0.0778. The van der Waals surface area contributed by atoms with Crippen LogP contribution in [0, 0.1) is 0 Å². The van der Waals surface area contributed by atoms with Gasteiger partial charge in [-0.1, -0.05) is 18.2 Å². The molecule has 0 spiro atoms. The third-order valence-electron chi connectivity index (χ3n) is 7.36. The molecule has 0 aliphatic carbocycles. The Hall–Kier alpha value is -4.67. The first-order chi connectivity index (χ1) is 24.6. The first kappa shape index (κ1) is 39.1. The summed E-state index contributed by atoms with van der Waals surface area (Å²) in [7, 11) is 1.58. The molecule has 0 unspecified atom stereocenters. The van der Waals surface area contributed by atoms with Gasteiger partial charge in [0, 0.05) is 35.7 Å². The minimum Gasteiger partial charge on any atom is -0.497 e. The summed E-state index contributed by atoms with van der Waals surface area (Å²) in [5, 5.41) is 35.2. The molecule has 0 saturated carbocycles. The Morgan fingerprint density at radius 2 is 1.55 bits per heavy atom. The second kappa shape index (κ2) is 19.7. The number of aromatic nitrogens is 2. The normalized spacial score (nSPS) is 11.3. The number of hydrogen-bond acceptors (Lipinski definition) is 13. The highest BCUT2D eigenvalue weighted by atomic mass is 16.6. The number of ether oxygens (including phenoxy) is 7. The number of amides is 1. The van der Waals surface area contributed by atoms with Crippen molar-refractivity contribution in [2.75, 3.05) is 72.3 Å². The third-order valence-corrected chi connectivity index (χ3v) is 7.36. The molecule has 0 aliphatic rings. The van der Waals surface area contributed by atoms with Gasteiger partial charge in [-0.15, -0.1) is 0 Å². The summed E-state index contributed by atoms with van der Waals surface area (Å²) >= 11 is 0. The number of hydrogen-bond donors (Lipinski definition) is 4. The highest BCUT2D eigenvalue weighted by Gasteiger charge is 2.17. The topological polar surface area (TPSA) is 172 Å². The summed E-state index contributed by atoms with van der Waals surface area (Å²) in [6.45, 7) is 8.72. The van der Waals surface area contributed by atoms with Gasteiger partial charge in [0.05, 0.1) is 71.3 Å². The summed E-state index contributed by atoms with van der Waals surface area (Å²) in [5.74, 6) is 1.96. The fourth-order valence-corrected chi connectivity index (χ4v) is 4.91. The lowest BCUT2D eigenvalue weighted by molar-refractivity contribution is 0.00907. The molecule has 1 aromatic heterocycles. The van der Waals surface area contributed by atoms with E-state index in [9.17, 15) is 14.8 Å². The van der Waals surface area contributed by atoms with Crippen LogP contribution < -0.4 is 30.3 Å². The molecule has 0 fully saturated rings. The Morgan fingerprint density at radius 1 is 0.824 bits per heavy atom. The van der Waals surface area contributed by atoms with Gasteiger partial charge in [-0.25, -0.2) is 4.79 Å². The van der Waals surface area contributed by atoms with Gasteiger partial charge < -0.3 is 53.8 Å². The molecule has 15 heteroatoms. The zero-order valence-electron chi connectivity index (χ0n) is 29.8. The number of fused-ring (bicyclic) bond motifs is 1. The lowest BCUT2D eigenvalue weighted by Crippen LogP contribution is -2.34. The average molecular weight is 707 g/mol. The fourth-order valence-electron chi connectivity index (χ4n) is 4.91. The maximum Gasteiger partial charge on any atom is 0.488 e. The Morgan fingerprint density at radius 3 is 2.24 bits per heavy atom. The highest BCUT2D eigenvalue weighted by Crippen LogP contribution is 2.33. The van der Waals surface area contributed by atoms with Crippen LogP contribution in [0.15, 0.2) is 60.8 Å². The van der Waals surface area contributed by atoms with Crippen molar-refractivity contribution in [2.45, 2.75) is 32.9 Å². The molecule has 51 heavy (non-hydrogen) atoms. The van der Waals surface area contributed by atoms with Crippen molar-refractivity contribution in [3.8, 4) is 28.4 Å². The smallest absolute Gasteiger partial charge is 0.488 e. The Labute approximate surface area is 298 Å². The van der Waals surface area contributed by atoms with E-state index in [0.29, 0.717) is 86.5 Å². The van der Waals surface area contributed by atoms with Crippen LogP contribution in [0.1, 0.15) is 26.3 Å². The van der Waals surface area contributed by atoms with E-state index in [2.05, 4.69) is 20.8 Å². The molecule has 0 radical (unpaired) electrons. The number of carbonyl (C=O) groups is 1. The summed E-state index contributed by atoms with van der Waals surface area (Å²) in [5.41, 5.74) is 3.60. The maximum atomic E-state index is 11.6. The monoisotopic (exact) mass is 706 g/mol. The molecule has 4 N–H and O–H groups in total. The molecule has 3 aromatic carbocycles. The van der Waals surface area contributed by atoms with Crippen molar-refractivity contribution in [1.82, 2.24) is 15.5 Å². The lowest BCUT2D eigenvalue weighted by Gasteiger charge is -2.19. The van der Waals surface area contributed by atoms with Crippen molar-refractivity contribution in [1.29, 1.82) is 0 Å². The van der Waals surface area contributed by atoms with Gasteiger partial charge in [0.25, 0.3) is 0 Å². The minimum absolute atomic E-state index is 0.262. The Balaban J connectivity index is 1.26. The largest absolute Gasteiger partial charge is 0.497 e. The zero-order valence-corrected chi connectivity index (χ0v) is 29.8. The van der Waals surface area contributed by atoms with E-state index in [4.69, 9.17) is 33.2 Å². The second-order valence-corrected chi connectivity index (χ2v) is 12.3. The van der Waals surface area contributed by atoms with E-state index in [1.807, 2.05) is 36.4 Å². The number of rotatable bonds is 20. The Bertz CT molecular complexity index is 1700. The number of methoxy groups -OCH3 is 2. The van der Waals surface area contributed by atoms with Crippen LogP contribution in [0.5, 0.6) is 17.2 Å². The molecule has 14 nitrogen and oxygen atoms in total. The lowest BCUT2D eigenvalue weighted by atomic mass is 9.79. The minimum atomic E-state index is -1.65. The van der Waals surface area contributed by atoms with E-state index in [1.54, 1.807) is 59.4 Å². The van der Waals surface area contributed by atoms with Gasteiger partial charge in [-0.2, -0.15) is 10.2 Å². The molecular weight excluding hydrogens is 659 g/mol. The number of anilines is 1. The molecule has 0 bridgehead atoms. The van der Waals surface area contributed by atoms with Gasteiger partial charge in [-0.05, 0) is 62.1 Å². The number of nitrogens with one attached hydrogen (secondary N) is 2. The zero-order chi connectivity index (χ0) is 36.6. The standard InChI is InChI=1S/C36H47BN4O10/c1-36(2,3)51-35(42)38-12-13-47-14-15-48-16-17-49-18-19-50-33-11-8-27(37(43)44)21-30(33)25-7-10-29-31(20-25)41-40-24-32(29)39-23-26-6-9-28(45-4)22-34(26)46-5/h6-11,20-22,24,43-44H,12-19,23H2,1-5H3,(H,38,42)(H,39,41). The van der Waals surface area contributed by atoms with Crippen LogP contribution in [0.2, 0.25) is 0 Å². The van der Waals surface area contributed by atoms with Crippen LogP contribution in [-0.2, 0) is 25.5 Å². The van der Waals surface area contributed by atoms with E-state index in [1.165, 1.54) is 0 Å². The van der Waals surface area contributed by atoms with E-state index in [0.717, 1.165) is 22.2 Å². The van der Waals surface area contributed by atoms with Crippen molar-refractivity contribution >= 4 is 35.3 Å². The predicted octanol–water partition coefficient (Wildman–Crippen LogP) is 3.56. The van der Waals surface area contributed by atoms with Crippen molar-refractivity contribution in [3.63, 3.8) is 0 Å². The molecule has 1 amide bonds. The number of benzene rings is 3. The summed E-state index contributed by atoms with van der Waals surface area (Å²) < 4.78 is 38.7. The summed E-state index contributed by atoms with van der Waals surface area (Å²) in [6, 6.07) is 16.4. The summed E-state index contributed by atoms with van der Waals surface area (Å²) in [6.07, 6.45) is 1.19. The molecule has 4 aromatic rings. The average Bonchev–Trinajstić information content (AvgIpc) is 3.11. The molecular formula is C36H47BN4O10. The van der Waals surface area contributed by atoms with Gasteiger partial charge in [0.1, 0.15) is 29.5 Å². The van der Waals surface area contributed by atoms with Gasteiger partial charge in [0.2, 0.25) is 0 Å². The van der Waals surface area contributed by atoms with Gasteiger partial charge in [0.15, 0.2) is 0 Å². The third kappa shape index (κ3) is 12.6. The first-order valence-corrected chi connectivity index (χ1v) is 16.6. The van der Waals surface area contributed by atoms with E-state index < -0.39 is 18.8 Å². The van der Waals surface area contributed by atoms with Crippen molar-refractivity contribution in [3.05, 3.63) is 66.4 Å². The number of alkyl carbamates (subject to hydrolysis) is 1. The van der Waals surface area contributed by atoms with Gasteiger partial charge in [-0.3, -0.25) is 0 Å². The van der Waals surface area contributed by atoms with Crippen LogP contribution in [0.25, 0.3) is 22.0 Å². The SMILES string of the molecule is COc1ccc(CNc2cnnc3cc(-c4cc(B(O)O)ccc4OCCOCCOCCOCCNC(=O)OC(C)(C)C)ccc23)c(OC)c1. The van der Waals surface area contributed by atoms with Crippen LogP contribution >= 0.6 is 0 Å². The second-order valence-electron chi connectivity index (χ2n) is 12.3.